The number of rotatable bonds is 4. The van der Waals surface area contributed by atoms with Gasteiger partial charge in [-0.25, -0.2) is 9.78 Å². The summed E-state index contributed by atoms with van der Waals surface area (Å²) in [6.45, 7) is 2.05. The lowest BCUT2D eigenvalue weighted by molar-refractivity contribution is 0.0697. The number of benzene rings is 1. The molecule has 1 atom stereocenters. The highest BCUT2D eigenvalue weighted by atomic mass is 16.4. The molecular formula is C15H20N2O3. The van der Waals surface area contributed by atoms with Crippen molar-refractivity contribution in [3.05, 3.63) is 54.1 Å². The maximum absolute atomic E-state index is 10.2. The molecule has 0 bridgehead atoms. The second-order valence-electron chi connectivity index (χ2n) is 4.37. The third-order valence-electron chi connectivity index (χ3n) is 2.74. The van der Waals surface area contributed by atoms with Gasteiger partial charge in [-0.15, -0.1) is 0 Å². The van der Waals surface area contributed by atoms with E-state index in [1.165, 1.54) is 0 Å². The van der Waals surface area contributed by atoms with E-state index in [1.807, 2.05) is 24.7 Å². The van der Waals surface area contributed by atoms with Crippen LogP contribution < -0.4 is 0 Å². The number of aryl methyl sites for hydroxylation is 1. The number of hydrogen-bond donors (Lipinski definition) is 2. The van der Waals surface area contributed by atoms with Crippen LogP contribution in [0.5, 0.6) is 0 Å². The highest BCUT2D eigenvalue weighted by molar-refractivity contribution is 5.87. The van der Waals surface area contributed by atoms with E-state index in [-0.39, 0.29) is 0 Å². The fraction of sp³-hybridized carbons (Fsp3) is 0.333. The summed E-state index contributed by atoms with van der Waals surface area (Å²) in [5, 5.41) is 17.9. The number of carbonyl (C=O) groups is 1. The van der Waals surface area contributed by atoms with Crippen LogP contribution in [0.25, 0.3) is 0 Å². The minimum absolute atomic E-state index is 0.331. The third kappa shape index (κ3) is 4.85. The third-order valence-corrected chi connectivity index (χ3v) is 2.74. The quantitative estimate of drug-likeness (QED) is 0.900. The van der Waals surface area contributed by atoms with Crippen molar-refractivity contribution in [2.45, 2.75) is 25.9 Å². The summed E-state index contributed by atoms with van der Waals surface area (Å²) in [4.78, 5) is 14.2. The Kier molecular flexibility index (Phi) is 6.46. The standard InChI is InChI=1S/C8H14N2O.C7H6O2/c1-3-4-7(11)8-9-5-6-10(8)2;8-7(9)6-4-2-1-3-5-6/h5-7,11H,3-4H2,1-2H3;1-5H,(H,8,9). The Hall–Kier alpha value is -2.14. The summed E-state index contributed by atoms with van der Waals surface area (Å²) in [6, 6.07) is 8.30. The van der Waals surface area contributed by atoms with Gasteiger partial charge in [0.2, 0.25) is 0 Å². The normalized spacial score (nSPS) is 11.3. The lowest BCUT2D eigenvalue weighted by atomic mass is 10.2. The van der Waals surface area contributed by atoms with Crippen molar-refractivity contribution in [1.29, 1.82) is 0 Å². The van der Waals surface area contributed by atoms with Crippen molar-refractivity contribution in [2.24, 2.45) is 7.05 Å². The monoisotopic (exact) mass is 276 g/mol. The van der Waals surface area contributed by atoms with Crippen LogP contribution in [0, 0.1) is 0 Å². The van der Waals surface area contributed by atoms with Gasteiger partial charge in [0.1, 0.15) is 11.9 Å². The van der Waals surface area contributed by atoms with Gasteiger partial charge in [0.15, 0.2) is 0 Å². The maximum atomic E-state index is 10.2. The Balaban J connectivity index is 0.000000204. The fourth-order valence-corrected chi connectivity index (χ4v) is 1.68. The van der Waals surface area contributed by atoms with Crippen LogP contribution in [0.4, 0.5) is 0 Å². The molecular weight excluding hydrogens is 256 g/mol. The predicted molar refractivity (Wildman–Crippen MR) is 76.5 cm³/mol. The number of aliphatic hydroxyl groups is 1. The van der Waals surface area contributed by atoms with E-state index < -0.39 is 12.1 Å². The van der Waals surface area contributed by atoms with Crippen LogP contribution in [0.15, 0.2) is 42.7 Å². The molecule has 2 N–H and O–H groups in total. The lowest BCUT2D eigenvalue weighted by Gasteiger charge is -2.07. The first-order valence-electron chi connectivity index (χ1n) is 6.49. The molecule has 1 heterocycles. The summed E-state index contributed by atoms with van der Waals surface area (Å²) in [5.74, 6) is -0.123. The van der Waals surface area contributed by atoms with Crippen molar-refractivity contribution in [3.8, 4) is 0 Å². The Labute approximate surface area is 118 Å². The number of aliphatic hydroxyl groups excluding tert-OH is 1. The summed E-state index contributed by atoms with van der Waals surface area (Å²) >= 11 is 0. The number of nitrogens with zero attached hydrogens (tertiary/aromatic N) is 2. The molecule has 0 saturated heterocycles. The van der Waals surface area contributed by atoms with Gasteiger partial charge in [-0.3, -0.25) is 0 Å². The topological polar surface area (TPSA) is 75.4 Å². The largest absolute Gasteiger partial charge is 0.478 e. The van der Waals surface area contributed by atoms with Crippen molar-refractivity contribution in [1.82, 2.24) is 9.55 Å². The van der Waals surface area contributed by atoms with Crippen LogP contribution >= 0.6 is 0 Å². The Morgan fingerprint density at radius 2 is 2.00 bits per heavy atom. The van der Waals surface area contributed by atoms with E-state index in [9.17, 15) is 9.90 Å². The molecule has 2 aromatic rings. The fourth-order valence-electron chi connectivity index (χ4n) is 1.68. The van der Waals surface area contributed by atoms with Gasteiger partial charge in [-0.1, -0.05) is 31.5 Å². The number of aromatic nitrogens is 2. The van der Waals surface area contributed by atoms with Gasteiger partial charge >= 0.3 is 5.97 Å². The number of hydrogen-bond acceptors (Lipinski definition) is 3. The molecule has 0 radical (unpaired) electrons. The molecule has 0 aliphatic carbocycles. The van der Waals surface area contributed by atoms with Gasteiger partial charge in [-0.05, 0) is 18.6 Å². The van der Waals surface area contributed by atoms with Crippen LogP contribution in [-0.2, 0) is 7.05 Å². The average Bonchev–Trinajstić information content (AvgIpc) is 2.87. The van der Waals surface area contributed by atoms with E-state index in [4.69, 9.17) is 5.11 Å². The van der Waals surface area contributed by atoms with Crippen LogP contribution in [-0.4, -0.2) is 25.7 Å². The second kappa shape index (κ2) is 8.12. The first kappa shape index (κ1) is 15.9. The molecule has 0 amide bonds. The lowest BCUT2D eigenvalue weighted by Crippen LogP contribution is -2.04. The van der Waals surface area contributed by atoms with Gasteiger partial charge in [-0.2, -0.15) is 0 Å². The highest BCUT2D eigenvalue weighted by Crippen LogP contribution is 2.14. The zero-order valence-corrected chi connectivity index (χ0v) is 11.7. The van der Waals surface area contributed by atoms with E-state index in [2.05, 4.69) is 4.98 Å². The van der Waals surface area contributed by atoms with Crippen LogP contribution in [0.1, 0.15) is 42.1 Å². The molecule has 0 fully saturated rings. The molecule has 1 aromatic heterocycles. The van der Waals surface area contributed by atoms with E-state index in [0.717, 1.165) is 18.7 Å². The summed E-state index contributed by atoms with van der Waals surface area (Å²) in [7, 11) is 1.89. The minimum Gasteiger partial charge on any atom is -0.478 e. The van der Waals surface area contributed by atoms with Crippen molar-refractivity contribution in [3.63, 3.8) is 0 Å². The minimum atomic E-state index is -0.879. The SMILES string of the molecule is CCCC(O)c1nccn1C.O=C(O)c1ccccc1. The predicted octanol–water partition coefficient (Wildman–Crippen LogP) is 2.64. The average molecular weight is 276 g/mol. The number of imidazole rings is 1. The van der Waals surface area contributed by atoms with Crippen LogP contribution in [0.2, 0.25) is 0 Å². The highest BCUT2D eigenvalue weighted by Gasteiger charge is 2.09. The number of aromatic carboxylic acids is 1. The molecule has 1 unspecified atom stereocenters. The van der Waals surface area contributed by atoms with Crippen molar-refractivity contribution < 1.29 is 15.0 Å². The Bertz CT molecular complexity index is 523. The van der Waals surface area contributed by atoms with Crippen molar-refractivity contribution in [2.75, 3.05) is 0 Å². The second-order valence-corrected chi connectivity index (χ2v) is 4.37. The summed E-state index contributed by atoms with van der Waals surface area (Å²) < 4.78 is 1.85. The summed E-state index contributed by atoms with van der Waals surface area (Å²) in [6.07, 6.45) is 4.90. The Morgan fingerprint density at radius 3 is 2.40 bits per heavy atom. The van der Waals surface area contributed by atoms with Gasteiger partial charge in [0.05, 0.1) is 5.56 Å². The van der Waals surface area contributed by atoms with Gasteiger partial charge < -0.3 is 14.8 Å². The molecule has 5 nitrogen and oxygen atoms in total. The first-order valence-corrected chi connectivity index (χ1v) is 6.49. The molecule has 0 aliphatic rings. The number of carboxylic acids is 1. The molecule has 108 valence electrons. The zero-order chi connectivity index (χ0) is 15.0. The molecule has 2 rings (SSSR count). The molecule has 20 heavy (non-hydrogen) atoms. The molecule has 1 aromatic carbocycles. The molecule has 0 aliphatic heterocycles. The first-order chi connectivity index (χ1) is 9.56. The maximum Gasteiger partial charge on any atom is 0.335 e. The smallest absolute Gasteiger partial charge is 0.335 e. The van der Waals surface area contributed by atoms with Crippen LogP contribution in [0.3, 0.4) is 0 Å². The zero-order valence-electron chi connectivity index (χ0n) is 11.7. The number of carboxylic acid groups (broad SMARTS) is 1. The van der Waals surface area contributed by atoms with E-state index in [1.54, 1.807) is 36.5 Å². The molecule has 0 saturated carbocycles. The molecule has 0 spiro atoms. The van der Waals surface area contributed by atoms with Gasteiger partial charge in [0.25, 0.3) is 0 Å². The van der Waals surface area contributed by atoms with E-state index >= 15 is 0 Å². The molecule has 5 heteroatoms. The van der Waals surface area contributed by atoms with Gasteiger partial charge in [0, 0.05) is 19.4 Å². The Morgan fingerprint density at radius 1 is 1.35 bits per heavy atom. The van der Waals surface area contributed by atoms with E-state index in [0.29, 0.717) is 5.56 Å². The van der Waals surface area contributed by atoms with Crippen molar-refractivity contribution >= 4 is 5.97 Å². The summed E-state index contributed by atoms with van der Waals surface area (Å²) in [5.41, 5.74) is 0.331.